The van der Waals surface area contributed by atoms with Crippen molar-refractivity contribution in [3.63, 3.8) is 0 Å². The van der Waals surface area contributed by atoms with Gasteiger partial charge in [0.15, 0.2) is 0 Å². The number of fused-ring (bicyclic) bond motifs is 1. The lowest BCUT2D eigenvalue weighted by Crippen LogP contribution is -2.50. The molecule has 2 aliphatic rings. The molecule has 43 heavy (non-hydrogen) atoms. The molecule has 3 aromatic rings. The van der Waals surface area contributed by atoms with Crippen LogP contribution < -0.4 is 10.6 Å². The molecule has 3 atom stereocenters. The standard InChI is InChI=1S/C35H43N3O5/c39-24-35(17-9-10-18-35)38-32(40)21-26-13-5-2-6-14-27(19-25-11-3-1-4-12-25)34(42)43-23-29(37-33(26)41)20-28-22-36-31-16-8-7-15-30(28)31/h1-5,7-8,11-12,15-16,22,26-27,29,36,39H,6,9-10,13-14,17-21,23-24H2,(H,37,41)(H,38,40)/t26-,27-,29+/m1/s1. The molecule has 1 aliphatic carbocycles. The van der Waals surface area contributed by atoms with Crippen LogP contribution in [0.4, 0.5) is 0 Å². The number of amides is 2. The number of para-hydroxylation sites is 1. The second-order valence-electron chi connectivity index (χ2n) is 12.2. The molecule has 4 N–H and O–H groups in total. The number of hydrogen-bond acceptors (Lipinski definition) is 5. The fraction of sp³-hybridized carbons (Fsp3) is 0.457. The highest BCUT2D eigenvalue weighted by Gasteiger charge is 2.36. The summed E-state index contributed by atoms with van der Waals surface area (Å²) in [6, 6.07) is 17.4. The van der Waals surface area contributed by atoms with E-state index in [0.717, 1.165) is 47.7 Å². The number of allylic oxidation sites excluding steroid dienone is 2. The molecule has 0 bridgehead atoms. The van der Waals surface area contributed by atoms with Gasteiger partial charge in [0, 0.05) is 23.5 Å². The molecule has 2 amide bonds. The summed E-state index contributed by atoms with van der Waals surface area (Å²) in [7, 11) is 0. The molecular weight excluding hydrogens is 542 g/mol. The van der Waals surface area contributed by atoms with E-state index in [2.05, 4.69) is 15.6 Å². The Hall–Kier alpha value is -3.91. The molecule has 0 radical (unpaired) electrons. The van der Waals surface area contributed by atoms with Crippen LogP contribution >= 0.6 is 0 Å². The lowest BCUT2D eigenvalue weighted by Gasteiger charge is -2.29. The Labute approximate surface area is 253 Å². The molecular formula is C35H43N3O5. The van der Waals surface area contributed by atoms with Gasteiger partial charge in [-0.2, -0.15) is 0 Å². The Bertz CT molecular complexity index is 1410. The molecule has 1 aliphatic heterocycles. The summed E-state index contributed by atoms with van der Waals surface area (Å²) in [6.45, 7) is -0.0624. The smallest absolute Gasteiger partial charge is 0.309 e. The molecule has 2 aromatic carbocycles. The molecule has 1 saturated carbocycles. The number of aliphatic hydroxyl groups is 1. The zero-order valence-electron chi connectivity index (χ0n) is 24.7. The number of benzene rings is 2. The highest BCUT2D eigenvalue weighted by Crippen LogP contribution is 2.29. The molecule has 1 aromatic heterocycles. The maximum Gasteiger partial charge on any atom is 0.309 e. The minimum atomic E-state index is -0.591. The Morgan fingerprint density at radius 2 is 1.74 bits per heavy atom. The lowest BCUT2D eigenvalue weighted by atomic mass is 9.94. The van der Waals surface area contributed by atoms with Gasteiger partial charge < -0.3 is 25.5 Å². The predicted octanol–water partition coefficient (Wildman–Crippen LogP) is 4.77. The maximum absolute atomic E-state index is 13.7. The van der Waals surface area contributed by atoms with E-state index in [9.17, 15) is 19.5 Å². The number of aromatic amines is 1. The highest BCUT2D eigenvalue weighted by molar-refractivity contribution is 5.87. The third-order valence-corrected chi connectivity index (χ3v) is 8.91. The number of rotatable bonds is 8. The van der Waals surface area contributed by atoms with Crippen LogP contribution in [0.15, 0.2) is 72.9 Å². The van der Waals surface area contributed by atoms with Crippen LogP contribution in [-0.2, 0) is 32.0 Å². The fourth-order valence-corrected chi connectivity index (χ4v) is 6.44. The van der Waals surface area contributed by atoms with E-state index in [1.54, 1.807) is 0 Å². The molecule has 0 unspecified atom stereocenters. The van der Waals surface area contributed by atoms with E-state index in [1.165, 1.54) is 0 Å². The van der Waals surface area contributed by atoms with Crippen molar-refractivity contribution in [2.75, 3.05) is 13.2 Å². The number of cyclic esters (lactones) is 1. The summed E-state index contributed by atoms with van der Waals surface area (Å²) in [5, 5.41) is 17.2. The number of carbonyl (C=O) groups is 3. The average Bonchev–Trinajstić information content (AvgIpc) is 3.66. The van der Waals surface area contributed by atoms with Crippen LogP contribution in [0.25, 0.3) is 10.9 Å². The maximum atomic E-state index is 13.7. The quantitative estimate of drug-likeness (QED) is 0.224. The molecule has 5 rings (SSSR count). The van der Waals surface area contributed by atoms with Gasteiger partial charge in [-0.25, -0.2) is 0 Å². The number of H-pyrrole nitrogens is 1. The summed E-state index contributed by atoms with van der Waals surface area (Å²) < 4.78 is 5.90. The fourth-order valence-electron chi connectivity index (χ4n) is 6.44. The normalized spacial score (nSPS) is 23.0. The van der Waals surface area contributed by atoms with Gasteiger partial charge in [0.05, 0.1) is 30.0 Å². The van der Waals surface area contributed by atoms with Crippen LogP contribution in [0.5, 0.6) is 0 Å². The summed E-state index contributed by atoms with van der Waals surface area (Å²) in [6.07, 6.45) is 12.1. The van der Waals surface area contributed by atoms with Crippen molar-refractivity contribution in [2.45, 2.75) is 75.8 Å². The van der Waals surface area contributed by atoms with Crippen LogP contribution in [0, 0.1) is 11.8 Å². The summed E-state index contributed by atoms with van der Waals surface area (Å²) in [5.74, 6) is -1.63. The van der Waals surface area contributed by atoms with Crippen molar-refractivity contribution in [3.05, 3.63) is 84.1 Å². The van der Waals surface area contributed by atoms with Gasteiger partial charge >= 0.3 is 5.97 Å². The van der Waals surface area contributed by atoms with E-state index < -0.39 is 17.5 Å². The van der Waals surface area contributed by atoms with Gasteiger partial charge in [-0.1, -0.05) is 73.5 Å². The second kappa shape index (κ2) is 14.5. The van der Waals surface area contributed by atoms with E-state index >= 15 is 0 Å². The number of nitrogens with one attached hydrogen (secondary N) is 3. The number of aliphatic hydroxyl groups excluding tert-OH is 1. The largest absolute Gasteiger partial charge is 0.463 e. The third kappa shape index (κ3) is 8.14. The molecule has 1 fully saturated rings. The topological polar surface area (TPSA) is 121 Å². The van der Waals surface area contributed by atoms with Crippen molar-refractivity contribution in [1.29, 1.82) is 0 Å². The zero-order chi connectivity index (χ0) is 30.1. The molecule has 228 valence electrons. The number of hydrogen-bond donors (Lipinski definition) is 4. The van der Waals surface area contributed by atoms with Crippen molar-refractivity contribution in [1.82, 2.24) is 15.6 Å². The minimum Gasteiger partial charge on any atom is -0.463 e. The van der Waals surface area contributed by atoms with E-state index in [-0.39, 0.29) is 43.3 Å². The van der Waals surface area contributed by atoms with Crippen molar-refractivity contribution >= 4 is 28.7 Å². The first kappa shape index (κ1) is 30.5. The summed E-state index contributed by atoms with van der Waals surface area (Å²) in [4.78, 5) is 43.5. The predicted molar refractivity (Wildman–Crippen MR) is 166 cm³/mol. The van der Waals surface area contributed by atoms with Crippen LogP contribution in [-0.4, -0.2) is 52.7 Å². The van der Waals surface area contributed by atoms with Gasteiger partial charge in [0.1, 0.15) is 6.61 Å². The SMILES string of the molecule is O=C(C[C@H]1CC=CCC[C@H](Cc2ccccc2)C(=O)OC[C@H](Cc2c[nH]c3ccccc23)NC1=O)NC1(CO)CCCC1. The van der Waals surface area contributed by atoms with E-state index in [4.69, 9.17) is 4.74 Å². The number of ether oxygens (including phenoxy) is 1. The molecule has 8 nitrogen and oxygen atoms in total. The lowest BCUT2D eigenvalue weighted by molar-refractivity contribution is -0.150. The van der Waals surface area contributed by atoms with Gasteiger partial charge in [0.2, 0.25) is 11.8 Å². The molecule has 0 saturated heterocycles. The van der Waals surface area contributed by atoms with Crippen molar-refractivity contribution in [3.8, 4) is 0 Å². The first-order valence-corrected chi connectivity index (χ1v) is 15.6. The Kier molecular flexibility index (Phi) is 10.3. The van der Waals surface area contributed by atoms with Gasteiger partial charge in [0.25, 0.3) is 0 Å². The van der Waals surface area contributed by atoms with Crippen molar-refractivity contribution < 1.29 is 24.2 Å². The van der Waals surface area contributed by atoms with E-state index in [1.807, 2.05) is 72.9 Å². The van der Waals surface area contributed by atoms with Crippen LogP contribution in [0.3, 0.4) is 0 Å². The van der Waals surface area contributed by atoms with Crippen LogP contribution in [0.1, 0.15) is 62.5 Å². The summed E-state index contributed by atoms with van der Waals surface area (Å²) in [5.41, 5.74) is 2.50. The second-order valence-corrected chi connectivity index (χ2v) is 12.2. The average molecular weight is 586 g/mol. The monoisotopic (exact) mass is 585 g/mol. The van der Waals surface area contributed by atoms with E-state index in [0.29, 0.717) is 32.1 Å². The molecule has 2 heterocycles. The third-order valence-electron chi connectivity index (χ3n) is 8.91. The van der Waals surface area contributed by atoms with Gasteiger partial charge in [-0.15, -0.1) is 0 Å². The Balaban J connectivity index is 1.35. The zero-order valence-corrected chi connectivity index (χ0v) is 24.7. The number of carbonyl (C=O) groups excluding carboxylic acids is 3. The summed E-state index contributed by atoms with van der Waals surface area (Å²) >= 11 is 0. The number of esters is 1. The first-order chi connectivity index (χ1) is 20.9. The van der Waals surface area contributed by atoms with Gasteiger partial charge in [-0.3, -0.25) is 14.4 Å². The molecule has 8 heteroatoms. The van der Waals surface area contributed by atoms with Crippen molar-refractivity contribution in [2.24, 2.45) is 11.8 Å². The van der Waals surface area contributed by atoms with Gasteiger partial charge in [-0.05, 0) is 62.1 Å². The molecule has 0 spiro atoms. The Morgan fingerprint density at radius 3 is 2.53 bits per heavy atom. The number of aromatic nitrogens is 1. The first-order valence-electron chi connectivity index (χ1n) is 15.6. The van der Waals surface area contributed by atoms with Crippen LogP contribution in [0.2, 0.25) is 0 Å². The highest BCUT2D eigenvalue weighted by atomic mass is 16.5. The Morgan fingerprint density at radius 1 is 0.977 bits per heavy atom. The minimum absolute atomic E-state index is 0.0220.